The topological polar surface area (TPSA) is 60.9 Å². The van der Waals surface area contributed by atoms with Crippen LogP contribution in [0.15, 0.2) is 42.5 Å². The van der Waals surface area contributed by atoms with Gasteiger partial charge in [0.25, 0.3) is 11.8 Å². The van der Waals surface area contributed by atoms with E-state index in [2.05, 4.69) is 0 Å². The van der Waals surface area contributed by atoms with Crippen LogP contribution in [-0.4, -0.2) is 33.5 Å². The largest absolute Gasteiger partial charge is 0.302 e. The molecule has 2 aromatic carbocycles. The fourth-order valence-corrected chi connectivity index (χ4v) is 3.16. The van der Waals surface area contributed by atoms with E-state index >= 15 is 0 Å². The molecule has 1 fully saturated rings. The maximum Gasteiger partial charge on any atom is 0.267 e. The van der Waals surface area contributed by atoms with Gasteiger partial charge in [-0.3, -0.25) is 14.8 Å². The first-order valence-electron chi connectivity index (χ1n) is 6.91. The van der Waals surface area contributed by atoms with E-state index in [4.69, 9.17) is 0 Å². The van der Waals surface area contributed by atoms with Crippen molar-refractivity contribution in [3.05, 3.63) is 68.8 Å². The Hall–Kier alpha value is -2.07. The highest BCUT2D eigenvalue weighted by molar-refractivity contribution is 14.1. The molecule has 0 saturated carbocycles. The van der Waals surface area contributed by atoms with Gasteiger partial charge < -0.3 is 4.90 Å². The molecule has 1 aliphatic heterocycles. The first-order valence-corrected chi connectivity index (χ1v) is 7.99. The molecule has 1 unspecified atom stereocenters. The van der Waals surface area contributed by atoms with Gasteiger partial charge in [-0.1, -0.05) is 18.2 Å². The van der Waals surface area contributed by atoms with Crippen molar-refractivity contribution in [1.29, 1.82) is 0 Å². The number of nitrogens with zero attached hydrogens (tertiary/aromatic N) is 2. The summed E-state index contributed by atoms with van der Waals surface area (Å²) < 4.78 is 28.6. The van der Waals surface area contributed by atoms with E-state index in [1.54, 1.807) is 24.3 Å². The van der Waals surface area contributed by atoms with Crippen molar-refractivity contribution in [3.8, 4) is 0 Å². The monoisotopic (exact) mass is 444 g/mol. The van der Waals surface area contributed by atoms with Gasteiger partial charge in [-0.05, 0) is 52.4 Å². The second-order valence-corrected chi connectivity index (χ2v) is 6.44. The second-order valence-electron chi connectivity index (χ2n) is 5.20. The number of amides is 2. The molecule has 5 nitrogen and oxygen atoms in total. The Labute approximate surface area is 149 Å². The van der Waals surface area contributed by atoms with Crippen molar-refractivity contribution in [2.45, 2.75) is 6.17 Å². The third kappa shape index (κ3) is 2.86. The minimum atomic E-state index is -1.14. The van der Waals surface area contributed by atoms with Crippen molar-refractivity contribution < 1.29 is 23.6 Å². The summed E-state index contributed by atoms with van der Waals surface area (Å²) in [5, 5.41) is 10.4. The van der Waals surface area contributed by atoms with Crippen LogP contribution in [0.1, 0.15) is 22.1 Å². The van der Waals surface area contributed by atoms with Gasteiger partial charge in [0.15, 0.2) is 6.17 Å². The summed E-state index contributed by atoms with van der Waals surface area (Å²) in [5.74, 6) is -3.78. The van der Waals surface area contributed by atoms with Crippen molar-refractivity contribution in [1.82, 2.24) is 9.96 Å². The van der Waals surface area contributed by atoms with E-state index in [0.717, 1.165) is 26.7 Å². The molecule has 1 saturated heterocycles. The molecule has 0 aliphatic carbocycles. The number of carbonyl (C=O) groups is 2. The van der Waals surface area contributed by atoms with E-state index in [0.29, 0.717) is 10.6 Å². The normalized spacial score (nSPS) is 17.5. The highest BCUT2D eigenvalue weighted by Gasteiger charge is 2.42. The number of hydrogen-bond acceptors (Lipinski definition) is 3. The molecule has 2 aromatic rings. The van der Waals surface area contributed by atoms with Crippen LogP contribution in [0, 0.1) is 15.2 Å². The lowest BCUT2D eigenvalue weighted by Gasteiger charge is -2.26. The van der Waals surface area contributed by atoms with Crippen LogP contribution in [0.5, 0.6) is 0 Å². The van der Waals surface area contributed by atoms with Crippen molar-refractivity contribution in [3.63, 3.8) is 0 Å². The Morgan fingerprint density at radius 2 is 1.79 bits per heavy atom. The summed E-state index contributed by atoms with van der Waals surface area (Å²) in [6, 6.07) is 9.85. The van der Waals surface area contributed by atoms with Gasteiger partial charge >= 0.3 is 0 Å². The number of halogens is 3. The average Bonchev–Trinajstić information content (AvgIpc) is 2.82. The fraction of sp³-hybridized carbons (Fsp3) is 0.125. The zero-order chi connectivity index (χ0) is 17.4. The molecule has 2 amide bonds. The Balaban J connectivity index is 2.05. The van der Waals surface area contributed by atoms with Crippen LogP contribution >= 0.6 is 22.6 Å². The molecular weight excluding hydrogens is 433 g/mol. The SMILES string of the molecule is O=C1CN(C(=O)c2c(F)cccc2F)C(c2cccc(I)c2)N1O. The van der Waals surface area contributed by atoms with E-state index in [-0.39, 0.29) is 0 Å². The van der Waals surface area contributed by atoms with Crippen LogP contribution in [0.4, 0.5) is 8.78 Å². The van der Waals surface area contributed by atoms with E-state index in [1.165, 1.54) is 0 Å². The minimum absolute atomic E-state index is 0.405. The summed E-state index contributed by atoms with van der Waals surface area (Å²) in [6.07, 6.45) is -1.14. The van der Waals surface area contributed by atoms with Crippen molar-refractivity contribution in [2.75, 3.05) is 6.54 Å². The maximum atomic E-state index is 13.9. The zero-order valence-corrected chi connectivity index (χ0v) is 14.3. The lowest BCUT2D eigenvalue weighted by Crippen LogP contribution is -2.35. The van der Waals surface area contributed by atoms with Gasteiger partial charge in [0.05, 0.1) is 0 Å². The summed E-state index contributed by atoms with van der Waals surface area (Å²) in [5.41, 5.74) is -0.295. The standard InChI is InChI=1S/C16H11F2IN2O3/c17-11-5-2-6-12(18)14(11)16(23)20-8-13(22)21(24)15(20)9-3-1-4-10(19)7-9/h1-7,15,24H,8H2. The Morgan fingerprint density at radius 1 is 1.17 bits per heavy atom. The Bertz CT molecular complexity index is 810. The Morgan fingerprint density at radius 3 is 2.42 bits per heavy atom. The lowest BCUT2D eigenvalue weighted by atomic mass is 10.1. The minimum Gasteiger partial charge on any atom is -0.302 e. The molecule has 3 rings (SSSR count). The molecule has 0 bridgehead atoms. The first kappa shape index (κ1) is 16.8. The van der Waals surface area contributed by atoms with Gasteiger partial charge in [-0.2, -0.15) is 5.06 Å². The maximum absolute atomic E-state index is 13.9. The molecule has 1 atom stereocenters. The first-order chi connectivity index (χ1) is 11.4. The van der Waals surface area contributed by atoms with Gasteiger partial charge in [-0.15, -0.1) is 0 Å². The lowest BCUT2D eigenvalue weighted by molar-refractivity contribution is -0.168. The molecule has 1 N–H and O–H groups in total. The van der Waals surface area contributed by atoms with Crippen LogP contribution < -0.4 is 0 Å². The highest BCUT2D eigenvalue weighted by Crippen LogP contribution is 2.32. The highest BCUT2D eigenvalue weighted by atomic mass is 127. The van der Waals surface area contributed by atoms with Crippen LogP contribution in [0.25, 0.3) is 0 Å². The average molecular weight is 444 g/mol. The Kier molecular flexibility index (Phi) is 4.50. The molecule has 8 heteroatoms. The van der Waals surface area contributed by atoms with E-state index in [9.17, 15) is 23.6 Å². The van der Waals surface area contributed by atoms with Gasteiger partial charge in [0.2, 0.25) is 0 Å². The number of benzene rings is 2. The molecule has 1 heterocycles. The smallest absolute Gasteiger partial charge is 0.267 e. The predicted molar refractivity (Wildman–Crippen MR) is 87.9 cm³/mol. The predicted octanol–water partition coefficient (Wildman–Crippen LogP) is 2.94. The molecule has 1 aliphatic rings. The number of hydroxylamine groups is 2. The summed E-state index contributed by atoms with van der Waals surface area (Å²) >= 11 is 2.04. The summed E-state index contributed by atoms with van der Waals surface area (Å²) in [4.78, 5) is 25.4. The number of carbonyl (C=O) groups excluding carboxylic acids is 2. The fourth-order valence-electron chi connectivity index (χ4n) is 2.59. The quantitative estimate of drug-likeness (QED) is 0.573. The third-order valence-corrected chi connectivity index (χ3v) is 4.34. The molecule has 0 spiro atoms. The molecule has 0 radical (unpaired) electrons. The van der Waals surface area contributed by atoms with Crippen LogP contribution in [0.3, 0.4) is 0 Å². The number of hydrogen-bond donors (Lipinski definition) is 1. The van der Waals surface area contributed by atoms with Gasteiger partial charge in [0, 0.05) is 3.57 Å². The van der Waals surface area contributed by atoms with Crippen molar-refractivity contribution >= 4 is 34.4 Å². The summed E-state index contributed by atoms with van der Waals surface area (Å²) in [7, 11) is 0. The van der Waals surface area contributed by atoms with E-state index in [1.807, 2.05) is 22.6 Å². The zero-order valence-electron chi connectivity index (χ0n) is 12.1. The van der Waals surface area contributed by atoms with Crippen LogP contribution in [-0.2, 0) is 4.79 Å². The third-order valence-electron chi connectivity index (χ3n) is 3.67. The molecular formula is C16H11F2IN2O3. The van der Waals surface area contributed by atoms with Crippen molar-refractivity contribution in [2.24, 2.45) is 0 Å². The van der Waals surface area contributed by atoms with Gasteiger partial charge in [-0.25, -0.2) is 8.78 Å². The van der Waals surface area contributed by atoms with Gasteiger partial charge in [0.1, 0.15) is 23.7 Å². The molecule has 124 valence electrons. The molecule has 24 heavy (non-hydrogen) atoms. The van der Waals surface area contributed by atoms with E-state index < -0.39 is 41.7 Å². The van der Waals surface area contributed by atoms with Crippen LogP contribution in [0.2, 0.25) is 0 Å². The summed E-state index contributed by atoms with van der Waals surface area (Å²) in [6.45, 7) is -0.473. The molecule has 0 aromatic heterocycles. The number of rotatable bonds is 2. The second kappa shape index (κ2) is 6.44.